The van der Waals surface area contributed by atoms with Gasteiger partial charge in [-0.1, -0.05) is 19.3 Å². The minimum atomic E-state index is 0.223. The molecule has 0 atom stereocenters. The maximum Gasteiger partial charge on any atom is 0.223 e. The van der Waals surface area contributed by atoms with E-state index in [1.165, 1.54) is 32.1 Å². The van der Waals surface area contributed by atoms with Crippen LogP contribution in [0.15, 0.2) is 0 Å². The highest BCUT2D eigenvalue weighted by molar-refractivity contribution is 5.78. The average Bonchev–Trinajstić information content (AvgIpc) is 2.49. The van der Waals surface area contributed by atoms with Crippen LogP contribution < -0.4 is 10.6 Å². The molecule has 1 heterocycles. The van der Waals surface area contributed by atoms with Gasteiger partial charge in [-0.05, 0) is 45.2 Å². The Labute approximate surface area is 116 Å². The van der Waals surface area contributed by atoms with E-state index in [-0.39, 0.29) is 11.8 Å². The Morgan fingerprint density at radius 1 is 1.11 bits per heavy atom. The van der Waals surface area contributed by atoms with Gasteiger partial charge in [0.05, 0.1) is 6.10 Å². The van der Waals surface area contributed by atoms with Gasteiger partial charge in [0.1, 0.15) is 0 Å². The predicted octanol–water partition coefficient (Wildman–Crippen LogP) is 1.84. The third-order valence-corrected chi connectivity index (χ3v) is 4.24. The van der Waals surface area contributed by atoms with E-state index >= 15 is 0 Å². The molecule has 1 amide bonds. The number of carbonyl (C=O) groups is 1. The van der Waals surface area contributed by atoms with Crippen molar-refractivity contribution in [3.05, 3.63) is 0 Å². The van der Waals surface area contributed by atoms with Crippen molar-refractivity contribution in [2.24, 2.45) is 5.92 Å². The second-order valence-corrected chi connectivity index (χ2v) is 5.80. The van der Waals surface area contributed by atoms with Gasteiger partial charge in [-0.2, -0.15) is 0 Å². The summed E-state index contributed by atoms with van der Waals surface area (Å²) in [6.07, 6.45) is 9.82. The van der Waals surface area contributed by atoms with Crippen LogP contribution in [0.1, 0.15) is 51.4 Å². The van der Waals surface area contributed by atoms with E-state index in [0.717, 1.165) is 45.5 Å². The van der Waals surface area contributed by atoms with Crippen LogP contribution in [0, 0.1) is 5.92 Å². The van der Waals surface area contributed by atoms with E-state index in [1.807, 2.05) is 0 Å². The zero-order valence-electron chi connectivity index (χ0n) is 12.0. The molecule has 1 saturated heterocycles. The molecule has 1 aliphatic heterocycles. The second kappa shape index (κ2) is 8.54. The summed E-state index contributed by atoms with van der Waals surface area (Å²) in [4.78, 5) is 11.9. The van der Waals surface area contributed by atoms with Crippen molar-refractivity contribution in [2.45, 2.75) is 57.5 Å². The van der Waals surface area contributed by atoms with Gasteiger partial charge in [0.15, 0.2) is 0 Å². The number of hydrogen-bond acceptors (Lipinski definition) is 3. The van der Waals surface area contributed by atoms with E-state index in [4.69, 9.17) is 4.74 Å². The molecule has 0 aromatic carbocycles. The Bertz CT molecular complexity index is 259. The van der Waals surface area contributed by atoms with Crippen LogP contribution in [0.4, 0.5) is 0 Å². The SMILES string of the molecule is O=C(NCCCOC1CCCCC1)C1CCNCC1. The molecule has 0 bridgehead atoms. The summed E-state index contributed by atoms with van der Waals surface area (Å²) in [6.45, 7) is 3.50. The first-order chi connectivity index (χ1) is 9.36. The lowest BCUT2D eigenvalue weighted by atomic mass is 9.97. The highest BCUT2D eigenvalue weighted by Gasteiger charge is 2.20. The number of rotatable bonds is 6. The summed E-state index contributed by atoms with van der Waals surface area (Å²) in [5.74, 6) is 0.458. The van der Waals surface area contributed by atoms with Crippen LogP contribution in [-0.2, 0) is 9.53 Å². The number of ether oxygens (including phenoxy) is 1. The van der Waals surface area contributed by atoms with Crippen LogP contribution in [0.3, 0.4) is 0 Å². The lowest BCUT2D eigenvalue weighted by molar-refractivity contribution is -0.125. The van der Waals surface area contributed by atoms with Crippen LogP contribution in [-0.4, -0.2) is 38.3 Å². The van der Waals surface area contributed by atoms with Gasteiger partial charge >= 0.3 is 0 Å². The Hall–Kier alpha value is -0.610. The minimum absolute atomic E-state index is 0.223. The molecule has 19 heavy (non-hydrogen) atoms. The summed E-state index contributed by atoms with van der Waals surface area (Å²) >= 11 is 0. The van der Waals surface area contributed by atoms with E-state index < -0.39 is 0 Å². The first-order valence-corrected chi connectivity index (χ1v) is 7.96. The quantitative estimate of drug-likeness (QED) is 0.723. The first kappa shape index (κ1) is 14.8. The topological polar surface area (TPSA) is 50.4 Å². The van der Waals surface area contributed by atoms with Crippen LogP contribution in [0.2, 0.25) is 0 Å². The first-order valence-electron chi connectivity index (χ1n) is 7.96. The molecular formula is C15H28N2O2. The number of hydrogen-bond donors (Lipinski definition) is 2. The van der Waals surface area contributed by atoms with E-state index in [0.29, 0.717) is 6.10 Å². The minimum Gasteiger partial charge on any atom is -0.378 e. The molecule has 2 aliphatic rings. The Morgan fingerprint density at radius 3 is 2.58 bits per heavy atom. The summed E-state index contributed by atoms with van der Waals surface area (Å²) in [5.41, 5.74) is 0. The third-order valence-electron chi connectivity index (χ3n) is 4.24. The molecular weight excluding hydrogens is 240 g/mol. The van der Waals surface area contributed by atoms with Gasteiger partial charge in [-0.15, -0.1) is 0 Å². The van der Waals surface area contributed by atoms with Gasteiger partial charge in [0.2, 0.25) is 5.91 Å². The van der Waals surface area contributed by atoms with Crippen molar-refractivity contribution in [3.8, 4) is 0 Å². The van der Waals surface area contributed by atoms with Crippen LogP contribution >= 0.6 is 0 Å². The van der Waals surface area contributed by atoms with Gasteiger partial charge in [0.25, 0.3) is 0 Å². The normalized spacial score (nSPS) is 22.3. The standard InChI is InChI=1S/C15H28N2O2/c18-15(13-7-10-16-11-8-13)17-9-4-12-19-14-5-2-1-3-6-14/h13-14,16H,1-12H2,(H,17,18). The number of piperidine rings is 1. The number of nitrogens with one attached hydrogen (secondary N) is 2. The molecule has 0 spiro atoms. The fourth-order valence-electron chi connectivity index (χ4n) is 2.99. The molecule has 4 heteroatoms. The number of amides is 1. The van der Waals surface area contributed by atoms with Crippen molar-refractivity contribution >= 4 is 5.91 Å². The lowest BCUT2D eigenvalue weighted by Gasteiger charge is -2.23. The molecule has 0 unspecified atom stereocenters. The van der Waals surface area contributed by atoms with Crippen LogP contribution in [0.25, 0.3) is 0 Å². The van der Waals surface area contributed by atoms with Crippen molar-refractivity contribution < 1.29 is 9.53 Å². The summed E-state index contributed by atoms with van der Waals surface area (Å²) in [7, 11) is 0. The molecule has 0 radical (unpaired) electrons. The van der Waals surface area contributed by atoms with E-state index in [1.54, 1.807) is 0 Å². The Morgan fingerprint density at radius 2 is 1.84 bits per heavy atom. The highest BCUT2D eigenvalue weighted by atomic mass is 16.5. The van der Waals surface area contributed by atoms with Crippen molar-refractivity contribution in [1.29, 1.82) is 0 Å². The number of carbonyl (C=O) groups excluding carboxylic acids is 1. The third kappa shape index (κ3) is 5.49. The zero-order valence-corrected chi connectivity index (χ0v) is 12.0. The van der Waals surface area contributed by atoms with Gasteiger partial charge < -0.3 is 15.4 Å². The molecule has 2 rings (SSSR count). The molecule has 0 aromatic heterocycles. The summed E-state index contributed by atoms with van der Waals surface area (Å²) in [6, 6.07) is 0. The molecule has 1 aliphatic carbocycles. The van der Waals surface area contributed by atoms with Gasteiger partial charge in [-0.3, -0.25) is 4.79 Å². The molecule has 110 valence electrons. The Balaban J connectivity index is 1.47. The highest BCUT2D eigenvalue weighted by Crippen LogP contribution is 2.20. The van der Waals surface area contributed by atoms with Gasteiger partial charge in [-0.25, -0.2) is 0 Å². The summed E-state index contributed by atoms with van der Waals surface area (Å²) < 4.78 is 5.85. The fraction of sp³-hybridized carbons (Fsp3) is 0.933. The molecule has 2 fully saturated rings. The second-order valence-electron chi connectivity index (χ2n) is 5.80. The molecule has 2 N–H and O–H groups in total. The monoisotopic (exact) mass is 268 g/mol. The average molecular weight is 268 g/mol. The largest absolute Gasteiger partial charge is 0.378 e. The van der Waals surface area contributed by atoms with Gasteiger partial charge in [0, 0.05) is 19.1 Å². The van der Waals surface area contributed by atoms with Crippen molar-refractivity contribution in [1.82, 2.24) is 10.6 Å². The maximum absolute atomic E-state index is 11.9. The molecule has 0 aromatic rings. The van der Waals surface area contributed by atoms with Crippen molar-refractivity contribution in [3.63, 3.8) is 0 Å². The smallest absolute Gasteiger partial charge is 0.223 e. The lowest BCUT2D eigenvalue weighted by Crippen LogP contribution is -2.38. The van der Waals surface area contributed by atoms with E-state index in [9.17, 15) is 4.79 Å². The van der Waals surface area contributed by atoms with Crippen molar-refractivity contribution in [2.75, 3.05) is 26.2 Å². The van der Waals surface area contributed by atoms with E-state index in [2.05, 4.69) is 10.6 Å². The predicted molar refractivity (Wildman–Crippen MR) is 76.0 cm³/mol. The van der Waals surface area contributed by atoms with Crippen LogP contribution in [0.5, 0.6) is 0 Å². The molecule has 1 saturated carbocycles. The fourth-order valence-corrected chi connectivity index (χ4v) is 2.99. The maximum atomic E-state index is 11.9. The summed E-state index contributed by atoms with van der Waals surface area (Å²) in [5, 5.41) is 6.33. The zero-order chi connectivity index (χ0) is 13.3. The Kier molecular flexibility index (Phi) is 6.65. The molecule has 4 nitrogen and oxygen atoms in total.